The lowest BCUT2D eigenvalue weighted by atomic mass is 10.1. The third-order valence-corrected chi connectivity index (χ3v) is 4.00. The van der Waals surface area contributed by atoms with Crippen LogP contribution in [0.4, 0.5) is 0 Å². The topological polar surface area (TPSA) is 54.7 Å². The van der Waals surface area contributed by atoms with Gasteiger partial charge in [0.2, 0.25) is 12.5 Å². The maximum atomic E-state index is 5.49. The van der Waals surface area contributed by atoms with Gasteiger partial charge in [-0.15, -0.1) is 0 Å². The Morgan fingerprint density at radius 2 is 1.96 bits per heavy atom. The van der Waals surface area contributed by atoms with Gasteiger partial charge in [0.05, 0.1) is 25.3 Å². The third kappa shape index (κ3) is 2.06. The van der Waals surface area contributed by atoms with E-state index in [9.17, 15) is 0 Å². The molecule has 1 aromatic heterocycles. The first-order chi connectivity index (χ1) is 11.2. The normalized spacial score (nSPS) is 12.7. The van der Waals surface area contributed by atoms with Gasteiger partial charge in [-0.25, -0.2) is 4.98 Å². The van der Waals surface area contributed by atoms with Gasteiger partial charge in [-0.3, -0.25) is 0 Å². The summed E-state index contributed by atoms with van der Waals surface area (Å²) >= 11 is 0. The number of aromatic nitrogens is 2. The number of hydrogen-bond donors (Lipinski definition) is 0. The smallest absolute Gasteiger partial charge is 0.231 e. The van der Waals surface area contributed by atoms with Gasteiger partial charge in [0.25, 0.3) is 0 Å². The molecule has 0 spiro atoms. The van der Waals surface area contributed by atoms with E-state index in [2.05, 4.69) is 0 Å². The second-order valence-corrected chi connectivity index (χ2v) is 5.26. The van der Waals surface area contributed by atoms with Crippen LogP contribution in [0.3, 0.4) is 0 Å². The van der Waals surface area contributed by atoms with Crippen molar-refractivity contribution in [2.75, 3.05) is 21.0 Å². The Labute approximate surface area is 133 Å². The Balaban J connectivity index is 1.91. The van der Waals surface area contributed by atoms with Gasteiger partial charge in [0, 0.05) is 18.7 Å². The van der Waals surface area contributed by atoms with Crippen molar-refractivity contribution in [3.8, 4) is 34.4 Å². The molecule has 23 heavy (non-hydrogen) atoms. The molecular formula is C17H16N2O4. The van der Waals surface area contributed by atoms with Crippen LogP contribution in [0.25, 0.3) is 22.4 Å². The summed E-state index contributed by atoms with van der Waals surface area (Å²) in [4.78, 5) is 4.72. The Kier molecular flexibility index (Phi) is 3.04. The summed E-state index contributed by atoms with van der Waals surface area (Å²) in [7, 11) is 5.24. The van der Waals surface area contributed by atoms with Gasteiger partial charge in [0.15, 0.2) is 11.5 Å². The maximum absolute atomic E-state index is 5.49. The Hall–Kier alpha value is -2.89. The summed E-state index contributed by atoms with van der Waals surface area (Å²) < 4.78 is 23.6. The monoisotopic (exact) mass is 312 g/mol. The largest absolute Gasteiger partial charge is 0.497 e. The molecule has 6 nitrogen and oxygen atoms in total. The quantitative estimate of drug-likeness (QED) is 0.744. The average Bonchev–Trinajstić information content (AvgIpc) is 3.18. The predicted molar refractivity (Wildman–Crippen MR) is 85.4 cm³/mol. The minimum atomic E-state index is 0.203. The fourth-order valence-electron chi connectivity index (χ4n) is 2.82. The molecule has 118 valence electrons. The molecule has 0 fully saturated rings. The van der Waals surface area contributed by atoms with Crippen LogP contribution in [0.15, 0.2) is 30.3 Å². The maximum Gasteiger partial charge on any atom is 0.231 e. The Bertz CT molecular complexity index is 901. The molecule has 0 amide bonds. The molecule has 0 aliphatic carbocycles. The molecule has 0 N–H and O–H groups in total. The molecule has 1 aliphatic rings. The van der Waals surface area contributed by atoms with Crippen molar-refractivity contribution in [1.82, 2.24) is 9.55 Å². The molecule has 1 aliphatic heterocycles. The second-order valence-electron chi connectivity index (χ2n) is 5.26. The minimum absolute atomic E-state index is 0.203. The summed E-state index contributed by atoms with van der Waals surface area (Å²) in [5, 5.41) is 0. The number of fused-ring (bicyclic) bond motifs is 2. The van der Waals surface area contributed by atoms with Crippen molar-refractivity contribution in [3.05, 3.63) is 30.3 Å². The first-order valence-corrected chi connectivity index (χ1v) is 7.19. The number of benzene rings is 2. The lowest BCUT2D eigenvalue weighted by Crippen LogP contribution is -1.94. The van der Waals surface area contributed by atoms with Crippen molar-refractivity contribution in [1.29, 1.82) is 0 Å². The molecule has 0 saturated carbocycles. The van der Waals surface area contributed by atoms with Crippen LogP contribution >= 0.6 is 0 Å². The zero-order chi connectivity index (χ0) is 16.0. The number of ether oxygens (including phenoxy) is 4. The summed E-state index contributed by atoms with van der Waals surface area (Å²) in [5.74, 6) is 3.55. The van der Waals surface area contributed by atoms with E-state index in [0.717, 1.165) is 28.2 Å². The van der Waals surface area contributed by atoms with Crippen molar-refractivity contribution in [2.24, 2.45) is 7.05 Å². The molecule has 2 aromatic carbocycles. The molecule has 6 heteroatoms. The zero-order valence-corrected chi connectivity index (χ0v) is 13.1. The van der Waals surface area contributed by atoms with Crippen molar-refractivity contribution >= 4 is 11.0 Å². The number of imidazole rings is 1. The van der Waals surface area contributed by atoms with Crippen molar-refractivity contribution in [2.45, 2.75) is 0 Å². The first kappa shape index (κ1) is 13.8. The van der Waals surface area contributed by atoms with E-state index in [1.54, 1.807) is 14.2 Å². The molecular weight excluding hydrogens is 296 g/mol. The third-order valence-electron chi connectivity index (χ3n) is 4.00. The van der Waals surface area contributed by atoms with Crippen LogP contribution in [-0.4, -0.2) is 30.6 Å². The molecule has 0 unspecified atom stereocenters. The summed E-state index contributed by atoms with van der Waals surface area (Å²) in [6.45, 7) is 0.203. The lowest BCUT2D eigenvalue weighted by Gasteiger charge is -2.08. The van der Waals surface area contributed by atoms with Crippen LogP contribution in [0.5, 0.6) is 23.0 Å². The highest BCUT2D eigenvalue weighted by atomic mass is 16.7. The molecule has 0 bridgehead atoms. The van der Waals surface area contributed by atoms with Crippen LogP contribution in [0, 0.1) is 0 Å². The van der Waals surface area contributed by atoms with Gasteiger partial charge in [-0.2, -0.15) is 0 Å². The van der Waals surface area contributed by atoms with Crippen LogP contribution in [0.2, 0.25) is 0 Å². The van der Waals surface area contributed by atoms with E-state index in [0.29, 0.717) is 17.2 Å². The predicted octanol–water partition coefficient (Wildman–Crippen LogP) is 2.99. The Morgan fingerprint density at radius 1 is 1.09 bits per heavy atom. The van der Waals surface area contributed by atoms with Crippen LogP contribution in [-0.2, 0) is 7.05 Å². The standard InChI is InChI=1S/C17H16N2O4/c1-19-13-5-4-11(20-2)8-12(13)18-17(19)10-6-14(21-3)16-15(7-10)22-9-23-16/h4-8H,9H2,1-3H3. The van der Waals surface area contributed by atoms with E-state index >= 15 is 0 Å². The number of rotatable bonds is 3. The number of nitrogens with zero attached hydrogens (tertiary/aromatic N) is 2. The Morgan fingerprint density at radius 3 is 2.74 bits per heavy atom. The van der Waals surface area contributed by atoms with E-state index in [1.165, 1.54) is 0 Å². The fraction of sp³-hybridized carbons (Fsp3) is 0.235. The fourth-order valence-corrected chi connectivity index (χ4v) is 2.82. The van der Waals surface area contributed by atoms with Gasteiger partial charge >= 0.3 is 0 Å². The summed E-state index contributed by atoms with van der Waals surface area (Å²) in [6, 6.07) is 9.67. The van der Waals surface area contributed by atoms with Crippen molar-refractivity contribution in [3.63, 3.8) is 0 Å². The molecule has 0 radical (unpaired) electrons. The molecule has 0 atom stereocenters. The van der Waals surface area contributed by atoms with Gasteiger partial charge in [-0.05, 0) is 24.3 Å². The van der Waals surface area contributed by atoms with E-state index in [4.69, 9.17) is 23.9 Å². The van der Waals surface area contributed by atoms with E-state index in [-0.39, 0.29) is 6.79 Å². The first-order valence-electron chi connectivity index (χ1n) is 7.19. The highest BCUT2D eigenvalue weighted by Crippen LogP contribution is 2.44. The second kappa shape index (κ2) is 5.08. The minimum Gasteiger partial charge on any atom is -0.497 e. The SMILES string of the molecule is COc1ccc2c(c1)nc(-c1cc(OC)c3c(c1)OCO3)n2C. The van der Waals surface area contributed by atoms with E-state index < -0.39 is 0 Å². The number of hydrogen-bond acceptors (Lipinski definition) is 5. The van der Waals surface area contributed by atoms with Gasteiger partial charge in [-0.1, -0.05) is 0 Å². The lowest BCUT2D eigenvalue weighted by molar-refractivity contribution is 0.171. The van der Waals surface area contributed by atoms with Gasteiger partial charge < -0.3 is 23.5 Å². The van der Waals surface area contributed by atoms with Crippen LogP contribution < -0.4 is 18.9 Å². The molecule has 2 heterocycles. The molecule has 3 aromatic rings. The van der Waals surface area contributed by atoms with E-state index in [1.807, 2.05) is 41.9 Å². The molecule has 0 saturated heterocycles. The summed E-state index contributed by atoms with van der Waals surface area (Å²) in [6.07, 6.45) is 0. The highest BCUT2D eigenvalue weighted by molar-refractivity contribution is 5.82. The van der Waals surface area contributed by atoms with Crippen LogP contribution in [0.1, 0.15) is 0 Å². The highest BCUT2D eigenvalue weighted by Gasteiger charge is 2.22. The van der Waals surface area contributed by atoms with Crippen molar-refractivity contribution < 1.29 is 18.9 Å². The van der Waals surface area contributed by atoms with Gasteiger partial charge in [0.1, 0.15) is 11.6 Å². The average molecular weight is 312 g/mol. The molecule has 4 rings (SSSR count). The summed E-state index contributed by atoms with van der Waals surface area (Å²) in [5.41, 5.74) is 2.81. The zero-order valence-electron chi connectivity index (χ0n) is 13.1. The number of aryl methyl sites for hydroxylation is 1. The number of methoxy groups -OCH3 is 2.